The molecule has 142 valence electrons. The van der Waals surface area contributed by atoms with E-state index in [1.807, 2.05) is 11.5 Å². The van der Waals surface area contributed by atoms with Crippen LogP contribution in [0.25, 0.3) is 0 Å². The predicted octanol–water partition coefficient (Wildman–Crippen LogP) is 2.45. The van der Waals surface area contributed by atoms with Crippen molar-refractivity contribution in [2.24, 2.45) is 0 Å². The fourth-order valence-corrected chi connectivity index (χ4v) is 4.93. The molecule has 0 atom stereocenters. The third-order valence-corrected chi connectivity index (χ3v) is 7.08. The van der Waals surface area contributed by atoms with Crippen molar-refractivity contribution in [2.75, 3.05) is 26.8 Å². The van der Waals surface area contributed by atoms with Crippen LogP contribution < -0.4 is 0 Å². The normalized spacial score (nSPS) is 16.9. The Balaban J connectivity index is 1.70. The van der Waals surface area contributed by atoms with E-state index in [0.717, 1.165) is 24.2 Å². The van der Waals surface area contributed by atoms with E-state index < -0.39 is 10.0 Å². The SMILES string of the molecule is COCCc1nncn1C1CCN(S(=O)(=O)c2ccc(C)c(Cl)c2)CC1. The van der Waals surface area contributed by atoms with Crippen LogP contribution in [0.4, 0.5) is 0 Å². The topological polar surface area (TPSA) is 77.3 Å². The molecule has 1 saturated heterocycles. The minimum absolute atomic E-state index is 0.199. The second-order valence-electron chi connectivity index (χ2n) is 6.44. The van der Waals surface area contributed by atoms with Crippen molar-refractivity contribution >= 4 is 21.6 Å². The number of hydrogen-bond acceptors (Lipinski definition) is 5. The molecule has 0 N–H and O–H groups in total. The third kappa shape index (κ3) is 3.93. The molecule has 0 bridgehead atoms. The molecule has 0 unspecified atom stereocenters. The number of sulfonamides is 1. The number of rotatable bonds is 6. The van der Waals surface area contributed by atoms with Gasteiger partial charge in [-0.1, -0.05) is 17.7 Å². The van der Waals surface area contributed by atoms with E-state index in [4.69, 9.17) is 16.3 Å². The summed E-state index contributed by atoms with van der Waals surface area (Å²) in [7, 11) is -1.88. The number of halogens is 1. The number of hydrogen-bond donors (Lipinski definition) is 0. The first kappa shape index (κ1) is 19.3. The van der Waals surface area contributed by atoms with E-state index in [1.165, 1.54) is 10.4 Å². The second-order valence-corrected chi connectivity index (χ2v) is 8.79. The number of benzene rings is 1. The van der Waals surface area contributed by atoms with Crippen molar-refractivity contribution in [3.63, 3.8) is 0 Å². The van der Waals surface area contributed by atoms with Crippen LogP contribution in [-0.4, -0.2) is 54.3 Å². The van der Waals surface area contributed by atoms with E-state index in [-0.39, 0.29) is 10.9 Å². The summed E-state index contributed by atoms with van der Waals surface area (Å²) in [5.74, 6) is 0.874. The van der Waals surface area contributed by atoms with E-state index in [9.17, 15) is 8.42 Å². The second kappa shape index (κ2) is 8.04. The molecular weight excluding hydrogens is 376 g/mol. The highest BCUT2D eigenvalue weighted by Gasteiger charge is 2.31. The van der Waals surface area contributed by atoms with Crippen LogP contribution in [0.1, 0.15) is 30.3 Å². The molecule has 1 fully saturated rings. The molecular formula is C17H23ClN4O3S. The molecule has 2 heterocycles. The Bertz CT molecular complexity index is 861. The molecule has 7 nitrogen and oxygen atoms in total. The zero-order chi connectivity index (χ0) is 18.7. The van der Waals surface area contributed by atoms with Crippen LogP contribution in [0.5, 0.6) is 0 Å². The van der Waals surface area contributed by atoms with E-state index in [2.05, 4.69) is 10.2 Å². The van der Waals surface area contributed by atoms with Gasteiger partial charge in [-0.25, -0.2) is 8.42 Å². The lowest BCUT2D eigenvalue weighted by Gasteiger charge is -2.32. The number of ether oxygens (including phenoxy) is 1. The van der Waals surface area contributed by atoms with Gasteiger partial charge in [-0.05, 0) is 37.5 Å². The largest absolute Gasteiger partial charge is 0.384 e. The van der Waals surface area contributed by atoms with Gasteiger partial charge in [-0.2, -0.15) is 4.31 Å². The third-order valence-electron chi connectivity index (χ3n) is 4.77. The summed E-state index contributed by atoms with van der Waals surface area (Å²) in [6.07, 6.45) is 3.85. The van der Waals surface area contributed by atoms with Crippen molar-refractivity contribution in [2.45, 2.75) is 37.1 Å². The number of nitrogens with zero attached hydrogens (tertiary/aromatic N) is 4. The van der Waals surface area contributed by atoms with E-state index in [1.54, 1.807) is 25.6 Å². The molecule has 1 aliphatic rings. The number of aryl methyl sites for hydroxylation is 1. The molecule has 0 amide bonds. The highest BCUT2D eigenvalue weighted by atomic mass is 35.5. The molecule has 0 aliphatic carbocycles. The van der Waals surface area contributed by atoms with Gasteiger partial charge in [-0.3, -0.25) is 0 Å². The first-order chi connectivity index (χ1) is 12.4. The zero-order valence-electron chi connectivity index (χ0n) is 14.9. The molecule has 1 aliphatic heterocycles. The standard InChI is InChI=1S/C17H23ClN4O3S/c1-13-3-4-15(11-16(13)18)26(23,24)21-8-5-14(6-9-21)22-12-19-20-17(22)7-10-25-2/h3-4,11-12,14H,5-10H2,1-2H3. The minimum atomic E-state index is -3.53. The van der Waals surface area contributed by atoms with Gasteiger partial charge < -0.3 is 9.30 Å². The van der Waals surface area contributed by atoms with Crippen molar-refractivity contribution in [1.82, 2.24) is 19.1 Å². The maximum Gasteiger partial charge on any atom is 0.243 e. The average molecular weight is 399 g/mol. The first-order valence-corrected chi connectivity index (χ1v) is 10.4. The average Bonchev–Trinajstić information content (AvgIpc) is 3.10. The Labute approximate surface area is 159 Å². The highest BCUT2D eigenvalue weighted by molar-refractivity contribution is 7.89. The Hall–Kier alpha value is -1.48. The van der Waals surface area contributed by atoms with Crippen LogP contribution in [0.2, 0.25) is 5.02 Å². The van der Waals surface area contributed by atoms with Gasteiger partial charge in [0.1, 0.15) is 12.2 Å². The lowest BCUT2D eigenvalue weighted by molar-refractivity contribution is 0.197. The fraction of sp³-hybridized carbons (Fsp3) is 0.529. The summed E-state index contributed by atoms with van der Waals surface area (Å²) >= 11 is 6.10. The van der Waals surface area contributed by atoms with Crippen LogP contribution in [-0.2, 0) is 21.2 Å². The zero-order valence-corrected chi connectivity index (χ0v) is 16.5. The number of aromatic nitrogens is 3. The van der Waals surface area contributed by atoms with Gasteiger partial charge in [0.25, 0.3) is 0 Å². The fourth-order valence-electron chi connectivity index (χ4n) is 3.19. The van der Waals surface area contributed by atoms with Crippen molar-refractivity contribution in [3.8, 4) is 0 Å². The van der Waals surface area contributed by atoms with Gasteiger partial charge in [0.05, 0.1) is 11.5 Å². The molecule has 9 heteroatoms. The van der Waals surface area contributed by atoms with E-state index >= 15 is 0 Å². The van der Waals surface area contributed by atoms with Crippen LogP contribution in [0.3, 0.4) is 0 Å². The molecule has 0 saturated carbocycles. The Kier molecular flexibility index (Phi) is 5.96. The quantitative estimate of drug-likeness (QED) is 0.746. The molecule has 1 aromatic carbocycles. The lowest BCUT2D eigenvalue weighted by atomic mass is 10.1. The summed E-state index contributed by atoms with van der Waals surface area (Å²) in [6.45, 7) is 3.35. The number of methoxy groups -OCH3 is 1. The van der Waals surface area contributed by atoms with Gasteiger partial charge >= 0.3 is 0 Å². The predicted molar refractivity (Wildman–Crippen MR) is 98.8 cm³/mol. The number of piperidine rings is 1. The molecule has 0 radical (unpaired) electrons. The summed E-state index contributed by atoms with van der Waals surface area (Å²) in [6, 6.07) is 5.08. The van der Waals surface area contributed by atoms with Gasteiger partial charge in [0.15, 0.2) is 0 Å². The summed E-state index contributed by atoms with van der Waals surface area (Å²) < 4.78 is 34.4. The first-order valence-electron chi connectivity index (χ1n) is 8.57. The smallest absolute Gasteiger partial charge is 0.243 e. The molecule has 0 spiro atoms. The molecule has 3 rings (SSSR count). The van der Waals surface area contributed by atoms with Crippen LogP contribution in [0, 0.1) is 6.92 Å². The molecule has 1 aromatic heterocycles. The van der Waals surface area contributed by atoms with Gasteiger partial charge in [-0.15, -0.1) is 10.2 Å². The summed E-state index contributed by atoms with van der Waals surface area (Å²) in [5, 5.41) is 8.61. The van der Waals surface area contributed by atoms with Crippen LogP contribution >= 0.6 is 11.6 Å². The van der Waals surface area contributed by atoms with E-state index in [0.29, 0.717) is 31.1 Å². The highest BCUT2D eigenvalue weighted by Crippen LogP contribution is 2.29. The lowest BCUT2D eigenvalue weighted by Crippen LogP contribution is -2.39. The Morgan fingerprint density at radius 1 is 1.31 bits per heavy atom. The maximum absolute atomic E-state index is 12.9. The minimum Gasteiger partial charge on any atom is -0.384 e. The molecule has 2 aromatic rings. The Morgan fingerprint density at radius 2 is 2.04 bits per heavy atom. The van der Waals surface area contributed by atoms with Crippen molar-refractivity contribution < 1.29 is 13.2 Å². The van der Waals surface area contributed by atoms with Crippen molar-refractivity contribution in [1.29, 1.82) is 0 Å². The molecule has 26 heavy (non-hydrogen) atoms. The monoisotopic (exact) mass is 398 g/mol. The summed E-state index contributed by atoms with van der Waals surface area (Å²) in [5.41, 5.74) is 0.862. The van der Waals surface area contributed by atoms with Gasteiger partial charge in [0, 0.05) is 37.7 Å². The van der Waals surface area contributed by atoms with Crippen molar-refractivity contribution in [3.05, 3.63) is 40.9 Å². The Morgan fingerprint density at radius 3 is 2.69 bits per heavy atom. The van der Waals surface area contributed by atoms with Gasteiger partial charge in [0.2, 0.25) is 10.0 Å². The van der Waals surface area contributed by atoms with Crippen LogP contribution in [0.15, 0.2) is 29.4 Å². The summed E-state index contributed by atoms with van der Waals surface area (Å²) in [4.78, 5) is 0.247. The maximum atomic E-state index is 12.9.